The maximum Gasteiger partial charge on any atom is 0.253 e. The summed E-state index contributed by atoms with van der Waals surface area (Å²) < 4.78 is 0. The minimum Gasteiger partial charge on any atom is -0.345 e. The topological polar surface area (TPSA) is 100 Å². The Morgan fingerprint density at radius 3 is 2.46 bits per heavy atom. The first-order valence-electron chi connectivity index (χ1n) is 7.58. The zero-order valence-electron chi connectivity index (χ0n) is 13.8. The third-order valence-electron chi connectivity index (χ3n) is 3.30. The summed E-state index contributed by atoms with van der Waals surface area (Å²) in [6.07, 6.45) is 1.55. The summed E-state index contributed by atoms with van der Waals surface area (Å²) >= 11 is 11.7. The van der Waals surface area contributed by atoms with Gasteiger partial charge in [0.1, 0.15) is 5.82 Å². The molecule has 3 amide bonds. The lowest BCUT2D eigenvalue weighted by molar-refractivity contribution is -0.123. The maximum atomic E-state index is 12.0. The van der Waals surface area contributed by atoms with E-state index in [1.54, 1.807) is 25.3 Å². The summed E-state index contributed by atoms with van der Waals surface area (Å²) in [5, 5.41) is 7.99. The molecule has 0 fully saturated rings. The van der Waals surface area contributed by atoms with Crippen molar-refractivity contribution in [2.75, 3.05) is 18.4 Å². The predicted molar refractivity (Wildman–Crippen MR) is 99.4 cm³/mol. The number of aromatic nitrogens is 1. The van der Waals surface area contributed by atoms with Crippen LogP contribution in [0.3, 0.4) is 0 Å². The van der Waals surface area contributed by atoms with E-state index in [2.05, 4.69) is 20.9 Å². The highest BCUT2D eigenvalue weighted by Crippen LogP contribution is 2.20. The van der Waals surface area contributed by atoms with Gasteiger partial charge in [-0.3, -0.25) is 14.4 Å². The number of carbonyl (C=O) groups excluding carboxylic acids is 3. The molecule has 9 heteroatoms. The second-order valence-electron chi connectivity index (χ2n) is 5.30. The van der Waals surface area contributed by atoms with E-state index < -0.39 is 17.7 Å². The molecule has 1 heterocycles. The van der Waals surface area contributed by atoms with Crippen molar-refractivity contribution in [3.05, 3.63) is 57.7 Å². The van der Waals surface area contributed by atoms with Crippen LogP contribution in [0.2, 0.25) is 10.0 Å². The van der Waals surface area contributed by atoms with Crippen LogP contribution in [0.1, 0.15) is 15.9 Å². The average Bonchev–Trinajstić information content (AvgIpc) is 2.60. The van der Waals surface area contributed by atoms with E-state index in [1.807, 2.05) is 0 Å². The molecular formula is C17H16Cl2N4O3. The highest BCUT2D eigenvalue weighted by Gasteiger charge is 2.13. The number of hydrogen-bond acceptors (Lipinski definition) is 4. The molecule has 0 radical (unpaired) electrons. The zero-order valence-corrected chi connectivity index (χ0v) is 15.3. The van der Waals surface area contributed by atoms with Crippen molar-refractivity contribution in [2.24, 2.45) is 0 Å². The third kappa shape index (κ3) is 5.72. The standard InChI is InChI=1S/C17H16Cl2N4O3/c1-10-3-2-6-20-16(10)23-15(25)9-21-14(24)8-22-17(26)12-5-4-11(18)7-13(12)19/h2-7H,8-9H2,1H3,(H,21,24)(H,22,26)(H,20,23,25). The van der Waals surface area contributed by atoms with Crippen LogP contribution >= 0.6 is 23.2 Å². The lowest BCUT2D eigenvalue weighted by Gasteiger charge is -2.09. The van der Waals surface area contributed by atoms with Crippen LogP contribution < -0.4 is 16.0 Å². The fourth-order valence-electron chi connectivity index (χ4n) is 1.96. The smallest absolute Gasteiger partial charge is 0.253 e. The summed E-state index contributed by atoms with van der Waals surface area (Å²) in [4.78, 5) is 39.6. The van der Waals surface area contributed by atoms with Crippen LogP contribution in [0.15, 0.2) is 36.5 Å². The number of benzene rings is 1. The first-order valence-corrected chi connectivity index (χ1v) is 8.34. The van der Waals surface area contributed by atoms with E-state index >= 15 is 0 Å². The van der Waals surface area contributed by atoms with Crippen LogP contribution in [-0.2, 0) is 9.59 Å². The molecule has 0 aliphatic heterocycles. The minimum atomic E-state index is -0.518. The number of carbonyl (C=O) groups is 3. The number of hydrogen-bond donors (Lipinski definition) is 3. The molecule has 136 valence electrons. The van der Waals surface area contributed by atoms with Gasteiger partial charge in [-0.2, -0.15) is 0 Å². The Labute approximate surface area is 160 Å². The monoisotopic (exact) mass is 394 g/mol. The van der Waals surface area contributed by atoms with Gasteiger partial charge in [0.05, 0.1) is 23.7 Å². The molecule has 0 bridgehead atoms. The first-order chi connectivity index (χ1) is 12.4. The molecule has 0 saturated heterocycles. The molecule has 26 heavy (non-hydrogen) atoms. The van der Waals surface area contributed by atoms with Crippen molar-refractivity contribution in [3.63, 3.8) is 0 Å². The molecule has 0 atom stereocenters. The fraction of sp³-hybridized carbons (Fsp3) is 0.176. The highest BCUT2D eigenvalue weighted by atomic mass is 35.5. The molecule has 2 aromatic rings. The molecule has 2 rings (SSSR count). The van der Waals surface area contributed by atoms with Gasteiger partial charge in [-0.25, -0.2) is 4.98 Å². The first kappa shape index (κ1) is 19.7. The van der Waals surface area contributed by atoms with Gasteiger partial charge in [0.15, 0.2) is 0 Å². The number of halogens is 2. The summed E-state index contributed by atoms with van der Waals surface area (Å²) in [7, 11) is 0. The Kier molecular flexibility index (Phi) is 6.94. The van der Waals surface area contributed by atoms with Crippen LogP contribution in [0, 0.1) is 6.92 Å². The second kappa shape index (κ2) is 9.17. The number of nitrogens with one attached hydrogen (secondary N) is 3. The van der Waals surface area contributed by atoms with Gasteiger partial charge in [0.2, 0.25) is 11.8 Å². The Morgan fingerprint density at radius 1 is 1.04 bits per heavy atom. The number of nitrogens with zero attached hydrogens (tertiary/aromatic N) is 1. The van der Waals surface area contributed by atoms with Gasteiger partial charge < -0.3 is 16.0 Å². The molecule has 7 nitrogen and oxygen atoms in total. The molecular weight excluding hydrogens is 379 g/mol. The summed E-state index contributed by atoms with van der Waals surface area (Å²) in [6, 6.07) is 7.97. The molecule has 0 aliphatic carbocycles. The molecule has 0 spiro atoms. The maximum absolute atomic E-state index is 12.0. The molecule has 1 aromatic carbocycles. The quantitative estimate of drug-likeness (QED) is 0.698. The van der Waals surface area contributed by atoms with Crippen molar-refractivity contribution in [3.8, 4) is 0 Å². The van der Waals surface area contributed by atoms with E-state index in [9.17, 15) is 14.4 Å². The number of rotatable bonds is 6. The predicted octanol–water partition coefficient (Wildman–Crippen LogP) is 2.18. The number of amides is 3. The highest BCUT2D eigenvalue weighted by molar-refractivity contribution is 6.36. The van der Waals surface area contributed by atoms with Crippen molar-refractivity contribution >= 4 is 46.7 Å². The molecule has 0 saturated carbocycles. The Bertz CT molecular complexity index is 843. The Morgan fingerprint density at radius 2 is 1.77 bits per heavy atom. The van der Waals surface area contributed by atoms with Gasteiger partial charge in [-0.1, -0.05) is 29.3 Å². The van der Waals surface area contributed by atoms with E-state index in [0.717, 1.165) is 5.56 Å². The van der Waals surface area contributed by atoms with Crippen molar-refractivity contribution < 1.29 is 14.4 Å². The zero-order chi connectivity index (χ0) is 19.1. The van der Waals surface area contributed by atoms with E-state index in [1.165, 1.54) is 18.2 Å². The van der Waals surface area contributed by atoms with Crippen LogP contribution in [0.25, 0.3) is 0 Å². The largest absolute Gasteiger partial charge is 0.345 e. The molecule has 3 N–H and O–H groups in total. The van der Waals surface area contributed by atoms with Gasteiger partial charge in [0.25, 0.3) is 5.91 Å². The van der Waals surface area contributed by atoms with E-state index in [0.29, 0.717) is 10.8 Å². The average molecular weight is 395 g/mol. The van der Waals surface area contributed by atoms with Gasteiger partial charge in [-0.15, -0.1) is 0 Å². The van der Waals surface area contributed by atoms with Crippen molar-refractivity contribution in [1.29, 1.82) is 0 Å². The van der Waals surface area contributed by atoms with Crippen LogP contribution in [0.5, 0.6) is 0 Å². The third-order valence-corrected chi connectivity index (χ3v) is 3.85. The van der Waals surface area contributed by atoms with Crippen molar-refractivity contribution in [1.82, 2.24) is 15.6 Å². The minimum absolute atomic E-state index is 0.181. The van der Waals surface area contributed by atoms with Crippen LogP contribution in [0.4, 0.5) is 5.82 Å². The SMILES string of the molecule is Cc1cccnc1NC(=O)CNC(=O)CNC(=O)c1ccc(Cl)cc1Cl. The molecule has 0 unspecified atom stereocenters. The molecule has 0 aliphatic rings. The van der Waals surface area contributed by atoms with E-state index in [-0.39, 0.29) is 23.7 Å². The summed E-state index contributed by atoms with van der Waals surface area (Å²) in [5.74, 6) is -1.03. The number of anilines is 1. The number of aryl methyl sites for hydroxylation is 1. The Balaban J connectivity index is 1.77. The Hall–Kier alpha value is -2.64. The summed E-state index contributed by atoms with van der Waals surface area (Å²) in [6.45, 7) is 1.26. The van der Waals surface area contributed by atoms with Gasteiger partial charge in [-0.05, 0) is 36.8 Å². The lowest BCUT2D eigenvalue weighted by atomic mass is 10.2. The van der Waals surface area contributed by atoms with Crippen molar-refractivity contribution in [2.45, 2.75) is 6.92 Å². The normalized spacial score (nSPS) is 10.1. The fourth-order valence-corrected chi connectivity index (χ4v) is 2.46. The van der Waals surface area contributed by atoms with Gasteiger partial charge >= 0.3 is 0 Å². The number of pyridine rings is 1. The van der Waals surface area contributed by atoms with E-state index in [4.69, 9.17) is 23.2 Å². The lowest BCUT2D eigenvalue weighted by Crippen LogP contribution is -2.40. The summed E-state index contributed by atoms with van der Waals surface area (Å²) in [5.41, 5.74) is 1.01. The molecule has 1 aromatic heterocycles. The van der Waals surface area contributed by atoms with Gasteiger partial charge in [0, 0.05) is 11.2 Å². The second-order valence-corrected chi connectivity index (χ2v) is 6.14. The van der Waals surface area contributed by atoms with Crippen LogP contribution in [-0.4, -0.2) is 35.8 Å².